The maximum absolute atomic E-state index is 14.3. The molecular formula is C51H53F7N4O7. The molecule has 4 heterocycles. The molecule has 0 spiro atoms. The van der Waals surface area contributed by atoms with Gasteiger partial charge in [-0.1, -0.05) is 39.8 Å². The van der Waals surface area contributed by atoms with E-state index < -0.39 is 65.9 Å². The van der Waals surface area contributed by atoms with E-state index in [0.717, 1.165) is 17.7 Å². The SMILES string of the molecule is COc1ccc(F)cc1C(C)(C)CC(O)(Cc1cc2cc(C(=O)N3CCOCC3)ccc2[nH]1)C(F)(F)F.Cc1cc(C#N)cc2[nH]c(CC(O)(CC(C)(C)c3cccc4c3OCO4)C(F)(F)F)cc12. The number of H-pyrrole nitrogens is 2. The van der Waals surface area contributed by atoms with E-state index in [4.69, 9.17) is 24.2 Å². The van der Waals surface area contributed by atoms with Gasteiger partial charge < -0.3 is 44.0 Å². The number of hydrogen-bond donors (Lipinski definition) is 4. The molecule has 1 saturated heterocycles. The number of halogens is 7. The Bertz CT molecular complexity index is 2890. The van der Waals surface area contributed by atoms with E-state index in [1.165, 1.54) is 33.1 Å². The highest BCUT2D eigenvalue weighted by Gasteiger charge is 2.57. The molecule has 8 rings (SSSR count). The number of aliphatic hydroxyl groups is 2. The first-order valence-corrected chi connectivity index (χ1v) is 22.1. The highest BCUT2D eigenvalue weighted by molar-refractivity contribution is 5.98. The Balaban J connectivity index is 0.000000206. The van der Waals surface area contributed by atoms with E-state index in [1.54, 1.807) is 80.3 Å². The van der Waals surface area contributed by atoms with Crippen LogP contribution in [0.25, 0.3) is 21.8 Å². The lowest BCUT2D eigenvalue weighted by Gasteiger charge is -2.38. The maximum atomic E-state index is 14.3. The van der Waals surface area contributed by atoms with Crippen molar-refractivity contribution >= 4 is 27.7 Å². The van der Waals surface area contributed by atoms with Gasteiger partial charge >= 0.3 is 12.4 Å². The minimum Gasteiger partial charge on any atom is -0.496 e. The number of carbonyl (C=O) groups excluding carboxylic acids is 1. The van der Waals surface area contributed by atoms with Crippen LogP contribution in [0.4, 0.5) is 30.7 Å². The number of rotatable bonds is 12. The zero-order valence-corrected chi connectivity index (χ0v) is 38.8. The fraction of sp³-hybridized carbons (Fsp3) is 0.412. The molecule has 2 aliphatic rings. The number of benzene rings is 4. The van der Waals surface area contributed by atoms with Gasteiger partial charge in [0.15, 0.2) is 22.7 Å². The van der Waals surface area contributed by atoms with E-state index in [-0.39, 0.29) is 35.4 Å². The molecule has 2 aromatic heterocycles. The van der Waals surface area contributed by atoms with Gasteiger partial charge in [-0.15, -0.1) is 0 Å². The van der Waals surface area contributed by atoms with E-state index in [0.29, 0.717) is 76.3 Å². The predicted molar refractivity (Wildman–Crippen MR) is 243 cm³/mol. The molecule has 4 aromatic carbocycles. The van der Waals surface area contributed by atoms with Gasteiger partial charge in [-0.25, -0.2) is 4.39 Å². The first kappa shape index (κ1) is 50.6. The quantitative estimate of drug-likeness (QED) is 0.0885. The smallest absolute Gasteiger partial charge is 0.417 e. The number of aryl methyl sites for hydroxylation is 1. The number of morpholine rings is 1. The van der Waals surface area contributed by atoms with Crippen LogP contribution < -0.4 is 14.2 Å². The summed E-state index contributed by atoms with van der Waals surface area (Å²) in [6, 6.07) is 22.0. The third-order valence-corrected chi connectivity index (χ3v) is 12.9. The summed E-state index contributed by atoms with van der Waals surface area (Å²) in [6.07, 6.45) is -12.6. The molecule has 4 N–H and O–H groups in total. The number of aromatic nitrogens is 2. The molecule has 2 atom stereocenters. The predicted octanol–water partition coefficient (Wildman–Crippen LogP) is 10.3. The summed E-state index contributed by atoms with van der Waals surface area (Å²) >= 11 is 0. The monoisotopic (exact) mass is 966 g/mol. The number of nitrogens with zero attached hydrogens (tertiary/aromatic N) is 2. The Morgan fingerprint density at radius 3 is 2.03 bits per heavy atom. The summed E-state index contributed by atoms with van der Waals surface area (Å²) in [4.78, 5) is 20.4. The highest BCUT2D eigenvalue weighted by Crippen LogP contribution is 2.49. The van der Waals surface area contributed by atoms with Crippen LogP contribution in [0.2, 0.25) is 0 Å². The molecule has 1 amide bonds. The molecule has 2 unspecified atom stereocenters. The standard InChI is InChI=1S/C27H30F4N2O4.C24H23F3N2O3/c1-25(2,21-14-19(28)5-7-23(21)36-3)16-26(35,27(29,30)31)15-20-13-18-12-17(4-6-22(18)32-20)24(34)33-8-10-37-11-9-33;1-14-7-15(11-28)8-19-17(14)9-16(29-19)10-23(30,24(25,26)27)12-22(2,3)18-5-4-6-20-21(18)32-13-31-20/h4-7,12-14,32,35H,8-11,15-16H2,1-3H3;4-9,29-30H,10,12-13H2,1-3H3. The molecule has 0 aliphatic carbocycles. The zero-order valence-electron chi connectivity index (χ0n) is 38.8. The number of fused-ring (bicyclic) bond motifs is 3. The minimum absolute atomic E-state index is 0.00503. The van der Waals surface area contributed by atoms with Gasteiger partial charge in [-0.05, 0) is 103 Å². The van der Waals surface area contributed by atoms with Gasteiger partial charge in [0, 0.05) is 75.8 Å². The van der Waals surface area contributed by atoms with Crippen LogP contribution >= 0.6 is 0 Å². The Labute approximate surface area is 393 Å². The van der Waals surface area contributed by atoms with Crippen LogP contribution in [0.5, 0.6) is 17.2 Å². The highest BCUT2D eigenvalue weighted by atomic mass is 19.4. The molecule has 0 radical (unpaired) electrons. The first-order valence-electron chi connectivity index (χ1n) is 22.1. The van der Waals surface area contributed by atoms with Crippen molar-refractivity contribution in [3.05, 3.63) is 124 Å². The number of alkyl halides is 6. The molecule has 368 valence electrons. The van der Waals surface area contributed by atoms with E-state index in [1.807, 2.05) is 6.07 Å². The van der Waals surface area contributed by atoms with E-state index in [9.17, 15) is 45.7 Å². The fourth-order valence-electron chi connectivity index (χ4n) is 9.49. The van der Waals surface area contributed by atoms with Crippen LogP contribution in [-0.2, 0) is 28.4 Å². The summed E-state index contributed by atoms with van der Waals surface area (Å²) in [6.45, 7) is 9.96. The molecule has 6 aromatic rings. The Hall–Kier alpha value is -6.29. The number of carbonyl (C=O) groups is 1. The van der Waals surface area contributed by atoms with Crippen molar-refractivity contribution in [2.24, 2.45) is 0 Å². The van der Waals surface area contributed by atoms with Crippen LogP contribution in [-0.4, -0.2) is 94.7 Å². The second kappa shape index (κ2) is 18.9. The van der Waals surface area contributed by atoms with Crippen LogP contribution in [0.15, 0.2) is 78.9 Å². The lowest BCUT2D eigenvalue weighted by molar-refractivity contribution is -0.266. The lowest BCUT2D eigenvalue weighted by Crippen LogP contribution is -2.51. The number of amides is 1. The number of nitriles is 1. The molecule has 0 bridgehead atoms. The topological polar surface area (TPSA) is 153 Å². The van der Waals surface area contributed by atoms with Gasteiger partial charge in [-0.2, -0.15) is 31.6 Å². The zero-order chi connectivity index (χ0) is 50.3. The summed E-state index contributed by atoms with van der Waals surface area (Å²) in [5.74, 6) is 0.333. The second-order valence-electron chi connectivity index (χ2n) is 19.1. The largest absolute Gasteiger partial charge is 0.496 e. The lowest BCUT2D eigenvalue weighted by atomic mass is 9.73. The van der Waals surface area contributed by atoms with Gasteiger partial charge in [0.25, 0.3) is 5.91 Å². The van der Waals surface area contributed by atoms with Crippen LogP contribution in [0, 0.1) is 24.1 Å². The number of aromatic amines is 2. The second-order valence-corrected chi connectivity index (χ2v) is 19.1. The third kappa shape index (κ3) is 10.7. The number of ether oxygens (including phenoxy) is 4. The first-order chi connectivity index (χ1) is 32.3. The van der Waals surface area contributed by atoms with Gasteiger partial charge in [-0.3, -0.25) is 4.79 Å². The average Bonchev–Trinajstić information content (AvgIpc) is 4.03. The number of nitrogens with one attached hydrogen (secondary N) is 2. The summed E-state index contributed by atoms with van der Waals surface area (Å²) in [5.41, 5.74) is -4.60. The van der Waals surface area contributed by atoms with Crippen molar-refractivity contribution in [3.8, 4) is 23.3 Å². The van der Waals surface area contributed by atoms with Crippen molar-refractivity contribution in [2.75, 3.05) is 40.2 Å². The molecule has 1 fully saturated rings. The van der Waals surface area contributed by atoms with E-state index in [2.05, 4.69) is 9.97 Å². The molecule has 11 nitrogen and oxygen atoms in total. The normalized spacial score (nSPS) is 16.1. The van der Waals surface area contributed by atoms with Gasteiger partial charge in [0.1, 0.15) is 11.6 Å². The third-order valence-electron chi connectivity index (χ3n) is 12.9. The van der Waals surface area contributed by atoms with Gasteiger partial charge in [0.05, 0.1) is 32.0 Å². The summed E-state index contributed by atoms with van der Waals surface area (Å²) in [7, 11) is 1.35. The molecule has 2 aliphatic heterocycles. The van der Waals surface area contributed by atoms with E-state index >= 15 is 0 Å². The maximum Gasteiger partial charge on any atom is 0.417 e. The minimum atomic E-state index is -4.97. The molecule has 69 heavy (non-hydrogen) atoms. The Morgan fingerprint density at radius 1 is 0.783 bits per heavy atom. The van der Waals surface area contributed by atoms with Crippen molar-refractivity contribution in [1.29, 1.82) is 5.26 Å². The number of methoxy groups -OCH3 is 1. The summed E-state index contributed by atoms with van der Waals surface area (Å²) in [5, 5.41) is 32.4. The van der Waals surface area contributed by atoms with Crippen LogP contribution in [0.1, 0.15) is 84.5 Å². The Kier molecular flexibility index (Phi) is 13.9. The van der Waals surface area contributed by atoms with Crippen molar-refractivity contribution in [2.45, 2.75) is 94.7 Å². The Morgan fingerprint density at radius 2 is 1.41 bits per heavy atom. The molecular weight excluding hydrogens is 914 g/mol. The molecule has 0 saturated carbocycles. The average molecular weight is 967 g/mol. The van der Waals surface area contributed by atoms with Crippen molar-refractivity contribution in [1.82, 2.24) is 14.9 Å². The van der Waals surface area contributed by atoms with Crippen molar-refractivity contribution in [3.63, 3.8) is 0 Å². The molecule has 18 heteroatoms. The number of hydrogen-bond acceptors (Lipinski definition) is 8. The van der Waals surface area contributed by atoms with Crippen molar-refractivity contribution < 1.29 is 64.7 Å². The van der Waals surface area contributed by atoms with Crippen LogP contribution in [0.3, 0.4) is 0 Å². The van der Waals surface area contributed by atoms with Gasteiger partial charge in [0.2, 0.25) is 6.79 Å². The fourth-order valence-corrected chi connectivity index (χ4v) is 9.49. The number of para-hydroxylation sites is 1. The summed E-state index contributed by atoms with van der Waals surface area (Å²) < 4.78 is 121.